The molecule has 0 radical (unpaired) electrons. The van der Waals surface area contributed by atoms with E-state index in [9.17, 15) is 14.4 Å². The standard InChI is InChI=1S/C23H23N3O4/c1-15(22(28)26-20-8-4-6-16-5-2-3-7-19(16)20)30-23(29)17-9-11-18(12-10-17)25-21(27)13-14-24/h2-3,5,7,9-12,15,20H,4,6,8,13H2,1H3,(H,25,27)(H,26,28)/t15-,20-/m0/s1. The maximum atomic E-state index is 12.6. The van der Waals surface area contributed by atoms with Crippen molar-refractivity contribution in [2.24, 2.45) is 0 Å². The van der Waals surface area contributed by atoms with Crippen LogP contribution in [0.2, 0.25) is 0 Å². The molecule has 0 unspecified atom stereocenters. The number of rotatable bonds is 6. The van der Waals surface area contributed by atoms with Crippen LogP contribution < -0.4 is 10.6 Å². The lowest BCUT2D eigenvalue weighted by atomic mass is 9.87. The second-order valence-corrected chi connectivity index (χ2v) is 7.16. The van der Waals surface area contributed by atoms with Crippen LogP contribution in [0.25, 0.3) is 0 Å². The Morgan fingerprint density at radius 1 is 1.17 bits per heavy atom. The number of fused-ring (bicyclic) bond motifs is 1. The van der Waals surface area contributed by atoms with Crippen molar-refractivity contribution in [3.63, 3.8) is 0 Å². The van der Waals surface area contributed by atoms with Crippen molar-refractivity contribution in [1.29, 1.82) is 5.26 Å². The number of ether oxygens (including phenoxy) is 1. The molecule has 0 heterocycles. The van der Waals surface area contributed by atoms with E-state index in [-0.39, 0.29) is 23.9 Å². The van der Waals surface area contributed by atoms with E-state index in [1.807, 2.05) is 18.2 Å². The van der Waals surface area contributed by atoms with E-state index in [1.54, 1.807) is 13.0 Å². The molecule has 154 valence electrons. The SMILES string of the molecule is C[C@H](OC(=O)c1ccc(NC(=O)CC#N)cc1)C(=O)N[C@H]1CCCc2ccccc21. The minimum absolute atomic E-state index is 0.0834. The number of carbonyl (C=O) groups excluding carboxylic acids is 3. The summed E-state index contributed by atoms with van der Waals surface area (Å²) in [6.45, 7) is 1.54. The Morgan fingerprint density at radius 2 is 1.90 bits per heavy atom. The first-order valence-corrected chi connectivity index (χ1v) is 9.84. The monoisotopic (exact) mass is 405 g/mol. The summed E-state index contributed by atoms with van der Waals surface area (Å²) in [7, 11) is 0. The lowest BCUT2D eigenvalue weighted by molar-refractivity contribution is -0.130. The van der Waals surface area contributed by atoms with E-state index in [0.717, 1.165) is 24.8 Å². The molecule has 2 amide bonds. The van der Waals surface area contributed by atoms with Gasteiger partial charge in [-0.2, -0.15) is 5.26 Å². The number of anilines is 1. The Balaban J connectivity index is 1.56. The van der Waals surface area contributed by atoms with Crippen LogP contribution in [0.1, 0.15) is 53.7 Å². The number of amides is 2. The first kappa shape index (κ1) is 21.1. The van der Waals surface area contributed by atoms with Gasteiger partial charge in [0.15, 0.2) is 6.10 Å². The van der Waals surface area contributed by atoms with Crippen LogP contribution in [0.3, 0.4) is 0 Å². The molecule has 0 aromatic heterocycles. The number of aryl methyl sites for hydroxylation is 1. The lowest BCUT2D eigenvalue weighted by Gasteiger charge is -2.27. The third kappa shape index (κ3) is 5.23. The van der Waals surface area contributed by atoms with Crippen LogP contribution in [0, 0.1) is 11.3 Å². The lowest BCUT2D eigenvalue weighted by Crippen LogP contribution is -2.39. The molecule has 0 spiro atoms. The molecule has 1 aliphatic carbocycles. The van der Waals surface area contributed by atoms with Gasteiger partial charge in [-0.3, -0.25) is 9.59 Å². The van der Waals surface area contributed by atoms with E-state index in [4.69, 9.17) is 10.00 Å². The smallest absolute Gasteiger partial charge is 0.338 e. The average molecular weight is 405 g/mol. The number of benzene rings is 2. The Labute approximate surface area is 175 Å². The highest BCUT2D eigenvalue weighted by atomic mass is 16.5. The Kier molecular flexibility index (Phi) is 6.81. The van der Waals surface area contributed by atoms with Gasteiger partial charge < -0.3 is 15.4 Å². The van der Waals surface area contributed by atoms with Crippen LogP contribution in [-0.4, -0.2) is 23.9 Å². The number of hydrogen-bond donors (Lipinski definition) is 2. The van der Waals surface area contributed by atoms with Crippen molar-refractivity contribution < 1.29 is 19.1 Å². The number of nitriles is 1. The molecule has 0 saturated heterocycles. The highest BCUT2D eigenvalue weighted by molar-refractivity contribution is 5.94. The van der Waals surface area contributed by atoms with Gasteiger partial charge in [-0.05, 0) is 61.6 Å². The van der Waals surface area contributed by atoms with E-state index in [2.05, 4.69) is 16.7 Å². The molecule has 1 aliphatic rings. The van der Waals surface area contributed by atoms with Crippen molar-refractivity contribution >= 4 is 23.5 Å². The predicted octanol–water partition coefficient (Wildman–Crippen LogP) is 3.28. The zero-order valence-electron chi connectivity index (χ0n) is 16.7. The summed E-state index contributed by atoms with van der Waals surface area (Å²) in [5, 5.41) is 14.0. The number of esters is 1. The quantitative estimate of drug-likeness (QED) is 0.717. The minimum Gasteiger partial charge on any atom is -0.449 e. The van der Waals surface area contributed by atoms with Gasteiger partial charge in [0.2, 0.25) is 5.91 Å². The summed E-state index contributed by atoms with van der Waals surface area (Å²) in [6, 6.07) is 15.8. The van der Waals surface area contributed by atoms with Crippen LogP contribution in [-0.2, 0) is 20.7 Å². The first-order valence-electron chi connectivity index (χ1n) is 9.84. The van der Waals surface area contributed by atoms with Gasteiger partial charge in [-0.1, -0.05) is 24.3 Å². The summed E-state index contributed by atoms with van der Waals surface area (Å²) >= 11 is 0. The molecule has 7 nitrogen and oxygen atoms in total. The molecule has 2 N–H and O–H groups in total. The topological polar surface area (TPSA) is 108 Å². The molecule has 0 aliphatic heterocycles. The number of nitrogens with zero attached hydrogens (tertiary/aromatic N) is 1. The summed E-state index contributed by atoms with van der Waals surface area (Å²) < 4.78 is 5.31. The molecular formula is C23H23N3O4. The molecule has 2 atom stereocenters. The highest BCUT2D eigenvalue weighted by Gasteiger charge is 2.25. The number of hydrogen-bond acceptors (Lipinski definition) is 5. The number of nitrogens with one attached hydrogen (secondary N) is 2. The van der Waals surface area contributed by atoms with Gasteiger partial charge in [0, 0.05) is 5.69 Å². The maximum absolute atomic E-state index is 12.6. The van der Waals surface area contributed by atoms with Gasteiger partial charge in [0.1, 0.15) is 6.42 Å². The zero-order valence-corrected chi connectivity index (χ0v) is 16.7. The van der Waals surface area contributed by atoms with Gasteiger partial charge in [-0.25, -0.2) is 4.79 Å². The average Bonchev–Trinajstić information content (AvgIpc) is 2.74. The second-order valence-electron chi connectivity index (χ2n) is 7.16. The predicted molar refractivity (Wildman–Crippen MR) is 110 cm³/mol. The molecule has 2 aromatic rings. The van der Waals surface area contributed by atoms with Crippen LogP contribution in [0.5, 0.6) is 0 Å². The molecule has 0 saturated carbocycles. The van der Waals surface area contributed by atoms with Gasteiger partial charge in [-0.15, -0.1) is 0 Å². The fraction of sp³-hybridized carbons (Fsp3) is 0.304. The molecule has 7 heteroatoms. The normalized spacial score (nSPS) is 15.8. The third-order valence-corrected chi connectivity index (χ3v) is 4.98. The van der Waals surface area contributed by atoms with Crippen LogP contribution in [0.4, 0.5) is 5.69 Å². The molecule has 0 bridgehead atoms. The number of carbonyl (C=O) groups is 3. The Morgan fingerprint density at radius 3 is 2.63 bits per heavy atom. The van der Waals surface area contributed by atoms with Gasteiger partial charge in [0.05, 0.1) is 17.7 Å². The van der Waals surface area contributed by atoms with Gasteiger partial charge >= 0.3 is 5.97 Å². The fourth-order valence-corrected chi connectivity index (χ4v) is 3.44. The summed E-state index contributed by atoms with van der Waals surface area (Å²) in [6.07, 6.45) is 1.65. The van der Waals surface area contributed by atoms with E-state index in [0.29, 0.717) is 5.69 Å². The maximum Gasteiger partial charge on any atom is 0.338 e. The first-order chi connectivity index (χ1) is 14.5. The van der Waals surface area contributed by atoms with Crippen molar-refractivity contribution in [3.05, 3.63) is 65.2 Å². The fourth-order valence-electron chi connectivity index (χ4n) is 3.44. The van der Waals surface area contributed by atoms with E-state index < -0.39 is 18.0 Å². The van der Waals surface area contributed by atoms with Gasteiger partial charge in [0.25, 0.3) is 5.91 Å². The van der Waals surface area contributed by atoms with Crippen molar-refractivity contribution in [2.75, 3.05) is 5.32 Å². The molecule has 3 rings (SSSR count). The third-order valence-electron chi connectivity index (χ3n) is 4.98. The van der Waals surface area contributed by atoms with Crippen molar-refractivity contribution in [3.8, 4) is 6.07 Å². The molecule has 30 heavy (non-hydrogen) atoms. The summed E-state index contributed by atoms with van der Waals surface area (Å²) in [5.41, 5.74) is 3.08. The molecule has 0 fully saturated rings. The molecule has 2 aromatic carbocycles. The van der Waals surface area contributed by atoms with Crippen molar-refractivity contribution in [2.45, 2.75) is 44.8 Å². The molecular weight excluding hydrogens is 382 g/mol. The Bertz CT molecular complexity index is 979. The van der Waals surface area contributed by atoms with E-state index >= 15 is 0 Å². The van der Waals surface area contributed by atoms with Crippen LogP contribution >= 0.6 is 0 Å². The Hall–Kier alpha value is -3.66. The second kappa shape index (κ2) is 9.70. The minimum atomic E-state index is -0.943. The van der Waals surface area contributed by atoms with Crippen molar-refractivity contribution in [1.82, 2.24) is 5.32 Å². The summed E-state index contributed by atoms with van der Waals surface area (Å²) in [4.78, 5) is 36.3. The van der Waals surface area contributed by atoms with Crippen LogP contribution in [0.15, 0.2) is 48.5 Å². The zero-order chi connectivity index (χ0) is 21.5. The highest BCUT2D eigenvalue weighted by Crippen LogP contribution is 2.29. The van der Waals surface area contributed by atoms with E-state index in [1.165, 1.54) is 29.8 Å². The summed E-state index contributed by atoms with van der Waals surface area (Å²) in [5.74, 6) is -1.40. The largest absolute Gasteiger partial charge is 0.449 e.